The van der Waals surface area contributed by atoms with Crippen LogP contribution in [0.5, 0.6) is 0 Å². The molecule has 0 radical (unpaired) electrons. The molecule has 100 valence electrons. The molecule has 1 atom stereocenters. The fourth-order valence-electron chi connectivity index (χ4n) is 1.62. The van der Waals surface area contributed by atoms with E-state index in [0.29, 0.717) is 6.42 Å². The molecule has 0 aliphatic carbocycles. The third-order valence-electron chi connectivity index (χ3n) is 2.67. The number of hydrogen-bond donors (Lipinski definition) is 1. The van der Waals surface area contributed by atoms with Crippen LogP contribution in [-0.2, 0) is 24.8 Å². The highest BCUT2D eigenvalue weighted by atomic mass is 31.2. The lowest BCUT2D eigenvalue weighted by Gasteiger charge is -2.18. The zero-order valence-corrected chi connectivity index (χ0v) is 11.3. The van der Waals surface area contributed by atoms with Crippen LogP contribution in [0.4, 0.5) is 0 Å². The summed E-state index contributed by atoms with van der Waals surface area (Å²) in [6.07, 6.45) is 0.164. The molecule has 1 rings (SSSR count). The number of hydrogen-bond acceptors (Lipinski definition) is 4. The third kappa shape index (κ3) is 4.26. The van der Waals surface area contributed by atoms with Crippen molar-refractivity contribution in [3.63, 3.8) is 0 Å². The Kier molecular flexibility index (Phi) is 5.54. The maximum Gasteiger partial charge on any atom is 0.331 e. The summed E-state index contributed by atoms with van der Waals surface area (Å²) in [5, 5.41) is 9.16. The monoisotopic (exact) mass is 272 g/mol. The highest BCUT2D eigenvalue weighted by molar-refractivity contribution is 7.53. The molecule has 1 unspecified atom stereocenters. The number of carbonyl (C=O) groups is 1. The number of rotatable bonds is 7. The summed E-state index contributed by atoms with van der Waals surface area (Å²) < 4.78 is 21.5. The van der Waals surface area contributed by atoms with Gasteiger partial charge < -0.3 is 14.2 Å². The van der Waals surface area contributed by atoms with Gasteiger partial charge in [0.25, 0.3) is 0 Å². The maximum atomic E-state index is 11.9. The van der Waals surface area contributed by atoms with Crippen molar-refractivity contribution in [1.29, 1.82) is 0 Å². The van der Waals surface area contributed by atoms with Gasteiger partial charge in [0.15, 0.2) is 0 Å². The number of carboxylic acid groups (broad SMARTS) is 1. The lowest BCUT2D eigenvalue weighted by Crippen LogP contribution is -2.21. The van der Waals surface area contributed by atoms with Gasteiger partial charge in [-0.05, 0) is 12.0 Å². The van der Waals surface area contributed by atoms with Crippen LogP contribution in [0.3, 0.4) is 0 Å². The molecule has 18 heavy (non-hydrogen) atoms. The van der Waals surface area contributed by atoms with Crippen molar-refractivity contribution in [1.82, 2.24) is 0 Å². The highest BCUT2D eigenvalue weighted by Gasteiger charge is 2.31. The van der Waals surface area contributed by atoms with E-state index in [9.17, 15) is 9.36 Å². The molecule has 6 heteroatoms. The molecule has 0 amide bonds. The molecule has 0 aliphatic heterocycles. The first-order valence-corrected chi connectivity index (χ1v) is 7.21. The minimum atomic E-state index is -3.31. The molecule has 1 aromatic carbocycles. The predicted octanol–water partition coefficient (Wildman–Crippen LogP) is 2.42. The molecule has 0 spiro atoms. The zero-order valence-electron chi connectivity index (χ0n) is 10.4. The van der Waals surface area contributed by atoms with Gasteiger partial charge in [-0.2, -0.15) is 0 Å². The topological polar surface area (TPSA) is 72.8 Å². The third-order valence-corrected chi connectivity index (χ3v) is 4.68. The van der Waals surface area contributed by atoms with Gasteiger partial charge in [0.2, 0.25) is 0 Å². The van der Waals surface area contributed by atoms with Crippen molar-refractivity contribution in [2.45, 2.75) is 6.42 Å². The number of aliphatic carboxylic acids is 1. The van der Waals surface area contributed by atoms with E-state index < -0.39 is 19.5 Å². The van der Waals surface area contributed by atoms with E-state index >= 15 is 0 Å². The fraction of sp³-hybridized carbons (Fsp3) is 0.417. The van der Waals surface area contributed by atoms with Crippen LogP contribution in [0, 0.1) is 5.92 Å². The summed E-state index contributed by atoms with van der Waals surface area (Å²) >= 11 is 0. The van der Waals surface area contributed by atoms with Gasteiger partial charge in [-0.25, -0.2) is 0 Å². The smallest absolute Gasteiger partial charge is 0.331 e. The standard InChI is InChI=1S/C12H17O5P/c1-16-18(15,17-2)9-11(12(13)14)8-10-6-4-3-5-7-10/h3-7,11H,8-9H2,1-2H3,(H,13,14). The van der Waals surface area contributed by atoms with Crippen molar-refractivity contribution in [3.8, 4) is 0 Å². The molecular weight excluding hydrogens is 255 g/mol. The molecular formula is C12H17O5P. The molecule has 1 N–H and O–H groups in total. The molecule has 0 fully saturated rings. The van der Waals surface area contributed by atoms with Crippen molar-refractivity contribution < 1.29 is 23.5 Å². The zero-order chi connectivity index (χ0) is 13.6. The Morgan fingerprint density at radius 2 is 1.83 bits per heavy atom. The maximum absolute atomic E-state index is 11.9. The first-order chi connectivity index (χ1) is 8.50. The van der Waals surface area contributed by atoms with Gasteiger partial charge in [-0.15, -0.1) is 0 Å². The summed E-state index contributed by atoms with van der Waals surface area (Å²) in [4.78, 5) is 11.2. The Morgan fingerprint density at radius 3 is 2.28 bits per heavy atom. The lowest BCUT2D eigenvalue weighted by molar-refractivity contribution is -0.141. The molecule has 0 aliphatic rings. The van der Waals surface area contributed by atoms with Crippen LogP contribution >= 0.6 is 7.60 Å². The van der Waals surface area contributed by atoms with E-state index in [1.807, 2.05) is 30.3 Å². The Bertz CT molecular complexity index is 423. The van der Waals surface area contributed by atoms with Crippen molar-refractivity contribution in [3.05, 3.63) is 35.9 Å². The summed E-state index contributed by atoms with van der Waals surface area (Å²) in [6, 6.07) is 9.19. The average Bonchev–Trinajstić information content (AvgIpc) is 2.39. The Hall–Kier alpha value is -1.16. The van der Waals surface area contributed by atoms with Gasteiger partial charge in [-0.3, -0.25) is 9.36 Å². The molecule has 0 saturated carbocycles. The Balaban J connectivity index is 2.79. The van der Waals surface area contributed by atoms with Crippen molar-refractivity contribution in [2.24, 2.45) is 5.92 Å². The van der Waals surface area contributed by atoms with Gasteiger partial charge in [0.1, 0.15) is 0 Å². The van der Waals surface area contributed by atoms with Gasteiger partial charge in [-0.1, -0.05) is 30.3 Å². The summed E-state index contributed by atoms with van der Waals surface area (Å²) in [6.45, 7) is 0. The van der Waals surface area contributed by atoms with Crippen LogP contribution in [0.15, 0.2) is 30.3 Å². The van der Waals surface area contributed by atoms with Gasteiger partial charge in [0, 0.05) is 14.2 Å². The summed E-state index contributed by atoms with van der Waals surface area (Å²) in [7, 11) is -0.798. The van der Waals surface area contributed by atoms with Crippen LogP contribution < -0.4 is 0 Å². The largest absolute Gasteiger partial charge is 0.481 e. The summed E-state index contributed by atoms with van der Waals surface area (Å²) in [5.74, 6) is -1.80. The second kappa shape index (κ2) is 6.69. The fourth-order valence-corrected chi connectivity index (χ4v) is 2.89. The van der Waals surface area contributed by atoms with E-state index in [1.54, 1.807) is 0 Å². The van der Waals surface area contributed by atoms with Crippen molar-refractivity contribution >= 4 is 13.6 Å². The molecule has 0 heterocycles. The number of benzene rings is 1. The second-order valence-electron chi connectivity index (χ2n) is 3.88. The van der Waals surface area contributed by atoms with Gasteiger partial charge in [0.05, 0.1) is 12.1 Å². The van der Waals surface area contributed by atoms with Crippen LogP contribution in [0.25, 0.3) is 0 Å². The van der Waals surface area contributed by atoms with E-state index in [1.165, 1.54) is 14.2 Å². The lowest BCUT2D eigenvalue weighted by atomic mass is 10.0. The van der Waals surface area contributed by atoms with E-state index in [4.69, 9.17) is 14.2 Å². The predicted molar refractivity (Wildman–Crippen MR) is 67.8 cm³/mol. The molecule has 5 nitrogen and oxygen atoms in total. The summed E-state index contributed by atoms with van der Waals surface area (Å²) in [5.41, 5.74) is 0.878. The average molecular weight is 272 g/mol. The first-order valence-electron chi connectivity index (χ1n) is 5.48. The van der Waals surface area contributed by atoms with E-state index in [2.05, 4.69) is 0 Å². The van der Waals surface area contributed by atoms with Crippen LogP contribution in [0.1, 0.15) is 5.56 Å². The molecule has 0 saturated heterocycles. The van der Waals surface area contributed by atoms with Crippen LogP contribution in [0.2, 0.25) is 0 Å². The van der Waals surface area contributed by atoms with Crippen molar-refractivity contribution in [2.75, 3.05) is 20.4 Å². The van der Waals surface area contributed by atoms with E-state index in [0.717, 1.165) is 5.56 Å². The minimum Gasteiger partial charge on any atom is -0.481 e. The Morgan fingerprint density at radius 1 is 1.28 bits per heavy atom. The van der Waals surface area contributed by atoms with Gasteiger partial charge >= 0.3 is 13.6 Å². The quantitative estimate of drug-likeness (QED) is 0.772. The highest BCUT2D eigenvalue weighted by Crippen LogP contribution is 2.48. The Labute approximate surface area is 106 Å². The SMILES string of the molecule is COP(=O)(CC(Cc1ccccc1)C(=O)O)OC. The molecule has 0 aromatic heterocycles. The first kappa shape index (κ1) is 14.9. The minimum absolute atomic E-state index is 0.135. The van der Waals surface area contributed by atoms with Crippen LogP contribution in [-0.4, -0.2) is 31.5 Å². The normalized spacial score (nSPS) is 13.2. The number of carboxylic acids is 1. The van der Waals surface area contributed by atoms with E-state index in [-0.39, 0.29) is 6.16 Å². The second-order valence-corrected chi connectivity index (χ2v) is 6.20. The molecule has 1 aromatic rings. The molecule has 0 bridgehead atoms.